The van der Waals surface area contributed by atoms with Crippen molar-refractivity contribution in [3.63, 3.8) is 0 Å². The molecular weight excluding hydrogens is 370 g/mol. The largest absolute Gasteiger partial charge is 0.326 e. The number of nitrogens with one attached hydrogen (secondary N) is 2. The van der Waals surface area contributed by atoms with Gasteiger partial charge in [-0.25, -0.2) is 13.1 Å². The molecule has 0 aliphatic rings. The second-order valence-corrected chi connectivity index (χ2v) is 7.99. The summed E-state index contributed by atoms with van der Waals surface area (Å²) in [6.45, 7) is 4.06. The van der Waals surface area contributed by atoms with Crippen LogP contribution in [0.3, 0.4) is 0 Å². The van der Waals surface area contributed by atoms with E-state index in [2.05, 4.69) is 23.9 Å². The van der Waals surface area contributed by atoms with Crippen LogP contribution in [0.4, 0.5) is 11.4 Å². The standard InChI is InChI=1S/C18H21N3O5S/c1-13(2)14-3-5-15(6-4-14)20-18(22)11-12-19-27(25,26)17-9-7-16(8-10-17)21(23)24/h3-10,13,19H,11-12H2,1-2H3,(H,20,22). The minimum Gasteiger partial charge on any atom is -0.326 e. The molecule has 1 amide bonds. The van der Waals surface area contributed by atoms with Gasteiger partial charge in [-0.15, -0.1) is 0 Å². The maximum Gasteiger partial charge on any atom is 0.269 e. The molecule has 0 fully saturated rings. The summed E-state index contributed by atoms with van der Waals surface area (Å²) in [7, 11) is -3.84. The first-order valence-corrected chi connectivity index (χ1v) is 9.81. The zero-order valence-corrected chi connectivity index (χ0v) is 15.8. The number of rotatable bonds is 8. The lowest BCUT2D eigenvalue weighted by Gasteiger charge is -2.09. The Bertz CT molecular complexity index is 907. The second kappa shape index (κ2) is 8.74. The zero-order chi connectivity index (χ0) is 20.0. The van der Waals surface area contributed by atoms with Gasteiger partial charge in [-0.05, 0) is 35.7 Å². The number of sulfonamides is 1. The van der Waals surface area contributed by atoms with Crippen LogP contribution >= 0.6 is 0 Å². The van der Waals surface area contributed by atoms with Crippen molar-refractivity contribution >= 4 is 27.3 Å². The number of amides is 1. The SMILES string of the molecule is CC(C)c1ccc(NC(=O)CCNS(=O)(=O)c2ccc([N+](=O)[O-])cc2)cc1. The number of benzene rings is 2. The van der Waals surface area contributed by atoms with Gasteiger partial charge in [-0.2, -0.15) is 0 Å². The molecule has 2 N–H and O–H groups in total. The number of nitro groups is 1. The molecule has 0 unspecified atom stereocenters. The third kappa shape index (κ3) is 5.87. The number of hydrogen-bond donors (Lipinski definition) is 2. The van der Waals surface area contributed by atoms with E-state index in [0.29, 0.717) is 11.6 Å². The Morgan fingerprint density at radius 1 is 1.07 bits per heavy atom. The molecule has 0 spiro atoms. The highest BCUT2D eigenvalue weighted by Crippen LogP contribution is 2.17. The lowest BCUT2D eigenvalue weighted by Crippen LogP contribution is -2.27. The Hall–Kier alpha value is -2.78. The summed E-state index contributed by atoms with van der Waals surface area (Å²) in [6.07, 6.45) is -0.0435. The fourth-order valence-electron chi connectivity index (χ4n) is 2.30. The molecule has 2 aromatic carbocycles. The van der Waals surface area contributed by atoms with Crippen molar-refractivity contribution < 1.29 is 18.1 Å². The molecule has 0 aliphatic heterocycles. The quantitative estimate of drug-likeness (QED) is 0.530. The van der Waals surface area contributed by atoms with E-state index in [-0.39, 0.29) is 29.5 Å². The van der Waals surface area contributed by atoms with Crippen molar-refractivity contribution in [1.29, 1.82) is 0 Å². The third-order valence-corrected chi connectivity index (χ3v) is 5.34. The van der Waals surface area contributed by atoms with Gasteiger partial charge in [0.1, 0.15) is 0 Å². The third-order valence-electron chi connectivity index (χ3n) is 3.86. The molecule has 0 aliphatic carbocycles. The van der Waals surface area contributed by atoms with Gasteiger partial charge >= 0.3 is 0 Å². The number of hydrogen-bond acceptors (Lipinski definition) is 5. The van der Waals surface area contributed by atoms with Gasteiger partial charge in [-0.3, -0.25) is 14.9 Å². The van der Waals surface area contributed by atoms with Gasteiger partial charge in [0.05, 0.1) is 9.82 Å². The highest BCUT2D eigenvalue weighted by molar-refractivity contribution is 7.89. The highest BCUT2D eigenvalue weighted by atomic mass is 32.2. The Balaban J connectivity index is 1.86. The average molecular weight is 391 g/mol. The van der Waals surface area contributed by atoms with E-state index in [0.717, 1.165) is 29.8 Å². The molecule has 0 heterocycles. The van der Waals surface area contributed by atoms with Crippen LogP contribution in [0.2, 0.25) is 0 Å². The average Bonchev–Trinajstić information content (AvgIpc) is 2.62. The number of anilines is 1. The van der Waals surface area contributed by atoms with Crippen LogP contribution < -0.4 is 10.0 Å². The summed E-state index contributed by atoms with van der Waals surface area (Å²) in [5.74, 6) is 0.0716. The zero-order valence-electron chi connectivity index (χ0n) is 15.0. The maximum absolute atomic E-state index is 12.1. The fraction of sp³-hybridized carbons (Fsp3) is 0.278. The van der Waals surface area contributed by atoms with Crippen LogP contribution in [0, 0.1) is 10.1 Å². The van der Waals surface area contributed by atoms with Crippen molar-refractivity contribution in [1.82, 2.24) is 4.72 Å². The molecule has 144 valence electrons. The lowest BCUT2D eigenvalue weighted by molar-refractivity contribution is -0.384. The molecule has 0 saturated heterocycles. The predicted molar refractivity (Wildman–Crippen MR) is 102 cm³/mol. The van der Waals surface area contributed by atoms with Crippen molar-refractivity contribution in [3.8, 4) is 0 Å². The maximum atomic E-state index is 12.1. The van der Waals surface area contributed by atoms with Crippen LogP contribution in [0.25, 0.3) is 0 Å². The van der Waals surface area contributed by atoms with E-state index < -0.39 is 14.9 Å². The van der Waals surface area contributed by atoms with Crippen LogP contribution in [0.1, 0.15) is 31.7 Å². The van der Waals surface area contributed by atoms with E-state index in [9.17, 15) is 23.3 Å². The molecule has 27 heavy (non-hydrogen) atoms. The van der Waals surface area contributed by atoms with Crippen LogP contribution in [-0.2, 0) is 14.8 Å². The molecule has 0 bridgehead atoms. The number of non-ortho nitro benzene ring substituents is 1. The van der Waals surface area contributed by atoms with Crippen molar-refractivity contribution in [2.75, 3.05) is 11.9 Å². The number of carbonyl (C=O) groups is 1. The Morgan fingerprint density at radius 3 is 2.19 bits per heavy atom. The van der Waals surface area contributed by atoms with Gasteiger partial charge in [0.2, 0.25) is 15.9 Å². The van der Waals surface area contributed by atoms with E-state index in [1.54, 1.807) is 12.1 Å². The summed E-state index contributed by atoms with van der Waals surface area (Å²) in [5, 5.41) is 13.3. The smallest absolute Gasteiger partial charge is 0.269 e. The molecule has 0 saturated carbocycles. The topological polar surface area (TPSA) is 118 Å². The summed E-state index contributed by atoms with van der Waals surface area (Å²) < 4.78 is 26.6. The molecule has 8 nitrogen and oxygen atoms in total. The molecule has 2 rings (SSSR count). The van der Waals surface area contributed by atoms with Crippen LogP contribution in [-0.4, -0.2) is 25.8 Å². The van der Waals surface area contributed by atoms with E-state index in [1.165, 1.54) is 0 Å². The number of carbonyl (C=O) groups excluding carboxylic acids is 1. The van der Waals surface area contributed by atoms with Crippen molar-refractivity contribution in [3.05, 3.63) is 64.2 Å². The first kappa shape index (κ1) is 20.5. The lowest BCUT2D eigenvalue weighted by atomic mass is 10.0. The molecule has 9 heteroatoms. The first-order chi connectivity index (χ1) is 12.7. The summed E-state index contributed by atoms with van der Waals surface area (Å²) in [4.78, 5) is 21.9. The van der Waals surface area contributed by atoms with Crippen molar-refractivity contribution in [2.24, 2.45) is 0 Å². The minimum absolute atomic E-state index is 0.0435. The van der Waals surface area contributed by atoms with Gasteiger partial charge in [-0.1, -0.05) is 26.0 Å². The Kier molecular flexibility index (Phi) is 6.65. The van der Waals surface area contributed by atoms with Crippen LogP contribution in [0.15, 0.2) is 53.4 Å². The normalized spacial score (nSPS) is 11.4. The van der Waals surface area contributed by atoms with Crippen molar-refractivity contribution in [2.45, 2.75) is 31.1 Å². The molecular formula is C18H21N3O5S. The highest BCUT2D eigenvalue weighted by Gasteiger charge is 2.16. The fourth-order valence-corrected chi connectivity index (χ4v) is 3.34. The van der Waals surface area contributed by atoms with Crippen LogP contribution in [0.5, 0.6) is 0 Å². The van der Waals surface area contributed by atoms with Gasteiger partial charge < -0.3 is 5.32 Å². The van der Waals surface area contributed by atoms with E-state index >= 15 is 0 Å². The summed E-state index contributed by atoms with van der Waals surface area (Å²) in [6, 6.07) is 12.0. The molecule has 0 radical (unpaired) electrons. The molecule has 2 aromatic rings. The predicted octanol–water partition coefficient (Wildman–Crippen LogP) is 3.03. The molecule has 0 aromatic heterocycles. The molecule has 0 atom stereocenters. The Morgan fingerprint density at radius 2 is 1.67 bits per heavy atom. The first-order valence-electron chi connectivity index (χ1n) is 8.33. The number of nitrogens with zero attached hydrogens (tertiary/aromatic N) is 1. The second-order valence-electron chi connectivity index (χ2n) is 6.22. The van der Waals surface area contributed by atoms with E-state index in [1.807, 2.05) is 12.1 Å². The van der Waals surface area contributed by atoms with Gasteiger partial charge in [0.15, 0.2) is 0 Å². The Labute approximate surface area is 157 Å². The van der Waals surface area contributed by atoms with Gasteiger partial charge in [0.25, 0.3) is 5.69 Å². The van der Waals surface area contributed by atoms with Gasteiger partial charge in [0, 0.05) is 30.8 Å². The number of nitro benzene ring substituents is 1. The summed E-state index contributed by atoms with van der Waals surface area (Å²) in [5.41, 5.74) is 1.60. The minimum atomic E-state index is -3.84. The summed E-state index contributed by atoms with van der Waals surface area (Å²) >= 11 is 0. The van der Waals surface area contributed by atoms with E-state index in [4.69, 9.17) is 0 Å². The monoisotopic (exact) mass is 391 g/mol.